The molecule has 0 aliphatic carbocycles. The Labute approximate surface area is 98.0 Å². The van der Waals surface area contributed by atoms with Crippen LogP contribution < -0.4 is 0 Å². The molecule has 1 aromatic heterocycles. The number of likely N-dealkylation sites (N-methyl/N-ethyl adjacent to an activating group) is 1. The van der Waals surface area contributed by atoms with Crippen LogP contribution in [0.2, 0.25) is 5.02 Å². The van der Waals surface area contributed by atoms with Crippen molar-refractivity contribution in [2.24, 2.45) is 0 Å². The van der Waals surface area contributed by atoms with Crippen molar-refractivity contribution in [2.45, 2.75) is 18.8 Å². The SMILES string of the molecule is CN1CCCC(c2onc(C(=O)O)c2Cl)C1. The van der Waals surface area contributed by atoms with Crippen molar-refractivity contribution in [3.05, 3.63) is 16.5 Å². The molecule has 6 heteroatoms. The van der Waals surface area contributed by atoms with Crippen LogP contribution in [0.5, 0.6) is 0 Å². The average molecular weight is 245 g/mol. The summed E-state index contributed by atoms with van der Waals surface area (Å²) >= 11 is 5.94. The summed E-state index contributed by atoms with van der Waals surface area (Å²) in [6.07, 6.45) is 2.01. The first-order chi connectivity index (χ1) is 7.59. The van der Waals surface area contributed by atoms with Crippen molar-refractivity contribution in [1.29, 1.82) is 0 Å². The molecule has 2 heterocycles. The molecule has 1 atom stereocenters. The molecule has 0 radical (unpaired) electrons. The van der Waals surface area contributed by atoms with Crippen molar-refractivity contribution < 1.29 is 14.4 Å². The summed E-state index contributed by atoms with van der Waals surface area (Å²) < 4.78 is 5.06. The number of aromatic carboxylic acids is 1. The fourth-order valence-corrected chi connectivity index (χ4v) is 2.36. The number of piperidine rings is 1. The van der Waals surface area contributed by atoms with Crippen LogP contribution in [-0.4, -0.2) is 41.3 Å². The van der Waals surface area contributed by atoms with Crippen LogP contribution in [-0.2, 0) is 0 Å². The van der Waals surface area contributed by atoms with Crippen LogP contribution >= 0.6 is 11.6 Å². The minimum atomic E-state index is -1.15. The Hall–Kier alpha value is -1.07. The molecule has 1 fully saturated rings. The minimum Gasteiger partial charge on any atom is -0.476 e. The van der Waals surface area contributed by atoms with Gasteiger partial charge in [0.15, 0.2) is 5.76 Å². The van der Waals surface area contributed by atoms with Gasteiger partial charge in [-0.05, 0) is 26.4 Å². The third kappa shape index (κ3) is 2.05. The Kier molecular flexibility index (Phi) is 3.16. The van der Waals surface area contributed by atoms with E-state index in [1.54, 1.807) is 0 Å². The standard InChI is InChI=1S/C10H13ClN2O3/c1-13-4-2-3-6(5-13)9-7(11)8(10(14)15)12-16-9/h6H,2-5H2,1H3,(H,14,15). The summed E-state index contributed by atoms with van der Waals surface area (Å²) in [5.74, 6) is -0.498. The van der Waals surface area contributed by atoms with Gasteiger partial charge < -0.3 is 14.5 Å². The van der Waals surface area contributed by atoms with Crippen LogP contribution in [0.3, 0.4) is 0 Å². The number of carboxylic acids is 1. The van der Waals surface area contributed by atoms with E-state index in [9.17, 15) is 4.79 Å². The molecule has 5 nitrogen and oxygen atoms in total. The molecule has 0 spiro atoms. The van der Waals surface area contributed by atoms with Gasteiger partial charge in [-0.1, -0.05) is 16.8 Å². The first-order valence-corrected chi connectivity index (χ1v) is 5.54. The maximum Gasteiger partial charge on any atom is 0.359 e. The van der Waals surface area contributed by atoms with Gasteiger partial charge in [0.2, 0.25) is 5.69 Å². The lowest BCUT2D eigenvalue weighted by molar-refractivity contribution is 0.0685. The summed E-state index contributed by atoms with van der Waals surface area (Å²) in [6.45, 7) is 1.88. The molecular weight excluding hydrogens is 232 g/mol. The maximum atomic E-state index is 10.8. The molecule has 1 aromatic rings. The highest BCUT2D eigenvalue weighted by Crippen LogP contribution is 2.33. The second kappa shape index (κ2) is 4.43. The lowest BCUT2D eigenvalue weighted by Crippen LogP contribution is -2.30. The fraction of sp³-hybridized carbons (Fsp3) is 0.600. The van der Waals surface area contributed by atoms with Gasteiger partial charge in [0.05, 0.1) is 0 Å². The van der Waals surface area contributed by atoms with E-state index in [1.165, 1.54) is 0 Å². The molecule has 0 amide bonds. The van der Waals surface area contributed by atoms with E-state index in [0.717, 1.165) is 25.9 Å². The fourth-order valence-electron chi connectivity index (χ4n) is 2.06. The number of likely N-dealkylation sites (tertiary alicyclic amines) is 1. The van der Waals surface area contributed by atoms with Crippen molar-refractivity contribution in [2.75, 3.05) is 20.1 Å². The van der Waals surface area contributed by atoms with Crippen LogP contribution in [0.25, 0.3) is 0 Å². The molecule has 1 unspecified atom stereocenters. The van der Waals surface area contributed by atoms with Crippen LogP contribution in [0.15, 0.2) is 4.52 Å². The molecule has 2 rings (SSSR count). The summed E-state index contributed by atoms with van der Waals surface area (Å²) in [7, 11) is 2.02. The van der Waals surface area contributed by atoms with Crippen molar-refractivity contribution in [1.82, 2.24) is 10.1 Å². The lowest BCUT2D eigenvalue weighted by atomic mass is 9.96. The van der Waals surface area contributed by atoms with E-state index in [1.807, 2.05) is 7.05 Å². The van der Waals surface area contributed by atoms with E-state index in [0.29, 0.717) is 5.76 Å². The summed E-state index contributed by atoms with van der Waals surface area (Å²) in [5.41, 5.74) is -0.190. The molecule has 1 aliphatic rings. The maximum absolute atomic E-state index is 10.8. The van der Waals surface area contributed by atoms with Gasteiger partial charge in [-0.3, -0.25) is 0 Å². The van der Waals surface area contributed by atoms with E-state index >= 15 is 0 Å². The summed E-state index contributed by atoms with van der Waals surface area (Å²) in [5, 5.41) is 12.4. The Bertz CT molecular complexity index is 405. The van der Waals surface area contributed by atoms with Gasteiger partial charge in [-0.25, -0.2) is 4.79 Å². The quantitative estimate of drug-likeness (QED) is 0.860. The van der Waals surface area contributed by atoms with E-state index in [-0.39, 0.29) is 16.6 Å². The molecule has 88 valence electrons. The predicted molar refractivity (Wildman–Crippen MR) is 57.9 cm³/mol. The smallest absolute Gasteiger partial charge is 0.359 e. The first kappa shape index (κ1) is 11.4. The van der Waals surface area contributed by atoms with Crippen LogP contribution in [0.4, 0.5) is 0 Å². The van der Waals surface area contributed by atoms with Crippen LogP contribution in [0.1, 0.15) is 35.0 Å². The molecule has 0 aromatic carbocycles. The number of rotatable bonds is 2. The topological polar surface area (TPSA) is 66.6 Å². The Morgan fingerprint density at radius 2 is 2.44 bits per heavy atom. The zero-order chi connectivity index (χ0) is 11.7. The summed E-state index contributed by atoms with van der Waals surface area (Å²) in [4.78, 5) is 12.9. The van der Waals surface area contributed by atoms with Gasteiger partial charge in [0.1, 0.15) is 5.02 Å². The molecular formula is C10H13ClN2O3. The lowest BCUT2D eigenvalue weighted by Gasteiger charge is -2.27. The van der Waals surface area contributed by atoms with Crippen molar-refractivity contribution >= 4 is 17.6 Å². The normalized spacial score (nSPS) is 22.2. The second-order valence-electron chi connectivity index (χ2n) is 4.12. The zero-order valence-electron chi connectivity index (χ0n) is 8.94. The number of carbonyl (C=O) groups is 1. The highest BCUT2D eigenvalue weighted by Gasteiger charge is 2.28. The third-order valence-corrected chi connectivity index (χ3v) is 3.22. The largest absolute Gasteiger partial charge is 0.476 e. The number of carboxylic acid groups (broad SMARTS) is 1. The van der Waals surface area contributed by atoms with E-state index in [2.05, 4.69) is 10.1 Å². The third-order valence-electron chi connectivity index (χ3n) is 2.86. The number of aromatic nitrogens is 1. The average Bonchev–Trinajstić information content (AvgIpc) is 2.60. The van der Waals surface area contributed by atoms with Crippen LogP contribution in [0, 0.1) is 0 Å². The predicted octanol–water partition coefficient (Wildman–Crippen LogP) is 1.84. The highest BCUT2D eigenvalue weighted by atomic mass is 35.5. The first-order valence-electron chi connectivity index (χ1n) is 5.16. The van der Waals surface area contributed by atoms with E-state index in [4.69, 9.17) is 21.2 Å². The highest BCUT2D eigenvalue weighted by molar-refractivity contribution is 6.33. The zero-order valence-corrected chi connectivity index (χ0v) is 9.70. The molecule has 16 heavy (non-hydrogen) atoms. The molecule has 1 N–H and O–H groups in total. The molecule has 0 saturated carbocycles. The number of hydrogen-bond acceptors (Lipinski definition) is 4. The van der Waals surface area contributed by atoms with E-state index < -0.39 is 5.97 Å². The minimum absolute atomic E-state index is 0.145. The van der Waals surface area contributed by atoms with Crippen molar-refractivity contribution in [3.63, 3.8) is 0 Å². The Morgan fingerprint density at radius 1 is 1.69 bits per heavy atom. The van der Waals surface area contributed by atoms with Gasteiger partial charge >= 0.3 is 5.97 Å². The molecule has 0 bridgehead atoms. The van der Waals surface area contributed by atoms with Gasteiger partial charge in [0.25, 0.3) is 0 Å². The van der Waals surface area contributed by atoms with Gasteiger partial charge in [0, 0.05) is 12.5 Å². The number of hydrogen-bond donors (Lipinski definition) is 1. The Balaban J connectivity index is 2.23. The number of halogens is 1. The van der Waals surface area contributed by atoms with Gasteiger partial charge in [-0.15, -0.1) is 0 Å². The molecule has 1 saturated heterocycles. The second-order valence-corrected chi connectivity index (χ2v) is 4.49. The van der Waals surface area contributed by atoms with Gasteiger partial charge in [-0.2, -0.15) is 0 Å². The van der Waals surface area contributed by atoms with Crippen molar-refractivity contribution in [3.8, 4) is 0 Å². The number of nitrogens with zero attached hydrogens (tertiary/aromatic N) is 2. The Morgan fingerprint density at radius 3 is 3.00 bits per heavy atom. The monoisotopic (exact) mass is 244 g/mol. The molecule has 1 aliphatic heterocycles. The summed E-state index contributed by atoms with van der Waals surface area (Å²) in [6, 6.07) is 0.